The molecule has 1 aliphatic carbocycles. The van der Waals surface area contributed by atoms with E-state index in [1.165, 1.54) is 31.2 Å². The van der Waals surface area contributed by atoms with Crippen molar-refractivity contribution in [2.45, 2.75) is 57.4 Å². The molecule has 18 heavy (non-hydrogen) atoms. The quantitative estimate of drug-likeness (QED) is 0.832. The summed E-state index contributed by atoms with van der Waals surface area (Å²) < 4.78 is 0. The minimum Gasteiger partial charge on any atom is -0.327 e. The molecule has 1 aromatic rings. The van der Waals surface area contributed by atoms with E-state index in [9.17, 15) is 0 Å². The van der Waals surface area contributed by atoms with Crippen LogP contribution in [0.25, 0.3) is 0 Å². The standard InChI is InChI=1S/C16H24ClN/c1-12(2)4-9-15(18)16(10-3-11-16)13-5-7-14(17)8-6-13/h5-8,12,15H,3-4,9-11,18H2,1-2H3. The normalized spacial score (nSPS) is 19.6. The van der Waals surface area contributed by atoms with Crippen LogP contribution in [0, 0.1) is 5.92 Å². The van der Waals surface area contributed by atoms with Gasteiger partial charge in [0.1, 0.15) is 0 Å². The van der Waals surface area contributed by atoms with E-state index in [-0.39, 0.29) is 11.5 Å². The first-order chi connectivity index (χ1) is 8.54. The summed E-state index contributed by atoms with van der Waals surface area (Å²) in [5.74, 6) is 0.735. The lowest BCUT2D eigenvalue weighted by molar-refractivity contribution is 0.183. The van der Waals surface area contributed by atoms with Crippen molar-refractivity contribution in [3.05, 3.63) is 34.9 Å². The highest BCUT2D eigenvalue weighted by Crippen LogP contribution is 2.47. The van der Waals surface area contributed by atoms with Crippen LogP contribution in [-0.4, -0.2) is 6.04 Å². The predicted octanol–water partition coefficient (Wildman–Crippen LogP) is 4.53. The molecule has 0 amide bonds. The van der Waals surface area contributed by atoms with Crippen LogP contribution in [0.4, 0.5) is 0 Å². The lowest BCUT2D eigenvalue weighted by atomic mass is 9.59. The van der Waals surface area contributed by atoms with E-state index >= 15 is 0 Å². The molecule has 1 saturated carbocycles. The van der Waals surface area contributed by atoms with Gasteiger partial charge in [-0.25, -0.2) is 0 Å². The maximum Gasteiger partial charge on any atom is 0.0406 e. The van der Waals surface area contributed by atoms with Crippen LogP contribution >= 0.6 is 11.6 Å². The number of hydrogen-bond donors (Lipinski definition) is 1. The molecule has 1 fully saturated rings. The molecule has 1 aliphatic rings. The van der Waals surface area contributed by atoms with Gasteiger partial charge in [0.15, 0.2) is 0 Å². The summed E-state index contributed by atoms with van der Waals surface area (Å²) in [4.78, 5) is 0. The summed E-state index contributed by atoms with van der Waals surface area (Å²) >= 11 is 5.97. The van der Waals surface area contributed by atoms with Crippen molar-refractivity contribution in [1.82, 2.24) is 0 Å². The van der Waals surface area contributed by atoms with E-state index < -0.39 is 0 Å². The lowest BCUT2D eigenvalue weighted by Gasteiger charge is -2.47. The third-order valence-electron chi connectivity index (χ3n) is 4.43. The third-order valence-corrected chi connectivity index (χ3v) is 4.68. The second kappa shape index (κ2) is 5.63. The summed E-state index contributed by atoms with van der Waals surface area (Å²) in [5, 5.41) is 0.809. The Balaban J connectivity index is 2.12. The molecule has 2 heteroatoms. The van der Waals surface area contributed by atoms with E-state index in [1.807, 2.05) is 12.1 Å². The monoisotopic (exact) mass is 265 g/mol. The first-order valence-corrected chi connectivity index (χ1v) is 7.44. The molecule has 1 atom stereocenters. The Morgan fingerprint density at radius 3 is 2.22 bits per heavy atom. The number of rotatable bonds is 5. The maximum atomic E-state index is 6.50. The smallest absolute Gasteiger partial charge is 0.0406 e. The van der Waals surface area contributed by atoms with Crippen LogP contribution in [0.1, 0.15) is 51.5 Å². The van der Waals surface area contributed by atoms with Gasteiger partial charge < -0.3 is 5.73 Å². The molecule has 0 saturated heterocycles. The summed E-state index contributed by atoms with van der Waals surface area (Å²) in [6, 6.07) is 8.60. The Hall–Kier alpha value is -0.530. The minimum absolute atomic E-state index is 0.222. The van der Waals surface area contributed by atoms with Crippen LogP contribution < -0.4 is 5.73 Å². The fourth-order valence-corrected chi connectivity index (χ4v) is 3.13. The van der Waals surface area contributed by atoms with Gasteiger partial charge in [0.25, 0.3) is 0 Å². The number of nitrogens with two attached hydrogens (primary N) is 1. The second-order valence-electron chi connectivity index (χ2n) is 6.09. The van der Waals surface area contributed by atoms with Gasteiger partial charge >= 0.3 is 0 Å². The number of halogens is 1. The van der Waals surface area contributed by atoms with Crippen LogP contribution in [0.3, 0.4) is 0 Å². The molecule has 0 radical (unpaired) electrons. The Kier molecular flexibility index (Phi) is 4.34. The zero-order valence-corrected chi connectivity index (χ0v) is 12.2. The molecule has 1 nitrogen and oxygen atoms in total. The zero-order chi connectivity index (χ0) is 13.2. The van der Waals surface area contributed by atoms with Gasteiger partial charge in [-0.2, -0.15) is 0 Å². The zero-order valence-electron chi connectivity index (χ0n) is 11.5. The van der Waals surface area contributed by atoms with Crippen molar-refractivity contribution in [2.75, 3.05) is 0 Å². The molecular weight excluding hydrogens is 242 g/mol. The van der Waals surface area contributed by atoms with Crippen LogP contribution in [0.2, 0.25) is 5.02 Å². The van der Waals surface area contributed by atoms with E-state index in [0.29, 0.717) is 0 Å². The molecule has 1 unspecified atom stereocenters. The van der Waals surface area contributed by atoms with E-state index in [2.05, 4.69) is 26.0 Å². The Labute approximate surface area is 116 Å². The summed E-state index contributed by atoms with van der Waals surface area (Å²) in [5.41, 5.74) is 8.10. The molecule has 1 aromatic carbocycles. The van der Waals surface area contributed by atoms with Crippen LogP contribution in [0.5, 0.6) is 0 Å². The maximum absolute atomic E-state index is 6.50. The highest BCUT2D eigenvalue weighted by molar-refractivity contribution is 6.30. The van der Waals surface area contributed by atoms with Gasteiger partial charge in [-0.3, -0.25) is 0 Å². The first-order valence-electron chi connectivity index (χ1n) is 7.06. The molecule has 100 valence electrons. The Morgan fingerprint density at radius 2 is 1.78 bits per heavy atom. The SMILES string of the molecule is CC(C)CCC(N)C1(c2ccc(Cl)cc2)CCC1. The van der Waals surface area contributed by atoms with Gasteiger partial charge in [0.2, 0.25) is 0 Å². The molecule has 0 heterocycles. The molecule has 0 aromatic heterocycles. The van der Waals surface area contributed by atoms with Gasteiger partial charge in [-0.05, 0) is 49.3 Å². The third kappa shape index (κ3) is 2.73. The van der Waals surface area contributed by atoms with Crippen molar-refractivity contribution in [1.29, 1.82) is 0 Å². The van der Waals surface area contributed by atoms with Crippen molar-refractivity contribution in [3.63, 3.8) is 0 Å². The van der Waals surface area contributed by atoms with Crippen LogP contribution in [-0.2, 0) is 5.41 Å². The topological polar surface area (TPSA) is 26.0 Å². The summed E-state index contributed by atoms with van der Waals surface area (Å²) in [7, 11) is 0. The highest BCUT2D eigenvalue weighted by Gasteiger charge is 2.43. The molecule has 0 aliphatic heterocycles. The Morgan fingerprint density at radius 1 is 1.17 bits per heavy atom. The minimum atomic E-state index is 0.222. The fourth-order valence-electron chi connectivity index (χ4n) is 3.00. The average Bonchev–Trinajstić information content (AvgIpc) is 2.27. The van der Waals surface area contributed by atoms with Crippen molar-refractivity contribution in [3.8, 4) is 0 Å². The van der Waals surface area contributed by atoms with Gasteiger partial charge in [0.05, 0.1) is 0 Å². The van der Waals surface area contributed by atoms with Gasteiger partial charge in [0, 0.05) is 16.5 Å². The summed E-state index contributed by atoms with van der Waals surface area (Å²) in [6.45, 7) is 4.53. The number of benzene rings is 1. The highest BCUT2D eigenvalue weighted by atomic mass is 35.5. The van der Waals surface area contributed by atoms with E-state index in [0.717, 1.165) is 17.4 Å². The van der Waals surface area contributed by atoms with Gasteiger partial charge in [-0.1, -0.05) is 44.0 Å². The average molecular weight is 266 g/mol. The molecule has 2 N–H and O–H groups in total. The van der Waals surface area contributed by atoms with Crippen LogP contribution in [0.15, 0.2) is 24.3 Å². The van der Waals surface area contributed by atoms with Crippen molar-refractivity contribution in [2.24, 2.45) is 11.7 Å². The largest absolute Gasteiger partial charge is 0.327 e. The summed E-state index contributed by atoms with van der Waals surface area (Å²) in [6.07, 6.45) is 6.11. The Bertz CT molecular complexity index is 379. The fraction of sp³-hybridized carbons (Fsp3) is 0.625. The van der Waals surface area contributed by atoms with Gasteiger partial charge in [-0.15, -0.1) is 0 Å². The molecular formula is C16H24ClN. The second-order valence-corrected chi connectivity index (χ2v) is 6.53. The van der Waals surface area contributed by atoms with E-state index in [1.54, 1.807) is 0 Å². The van der Waals surface area contributed by atoms with Crippen molar-refractivity contribution < 1.29 is 0 Å². The molecule has 0 bridgehead atoms. The van der Waals surface area contributed by atoms with Crippen molar-refractivity contribution >= 4 is 11.6 Å². The predicted molar refractivity (Wildman–Crippen MR) is 79.0 cm³/mol. The number of hydrogen-bond acceptors (Lipinski definition) is 1. The molecule has 2 rings (SSSR count). The van der Waals surface area contributed by atoms with E-state index in [4.69, 9.17) is 17.3 Å². The molecule has 0 spiro atoms. The first kappa shape index (κ1) is 13.9. The lowest BCUT2D eigenvalue weighted by Crippen LogP contribution is -2.50.